The Balaban J connectivity index is 3.00. The van der Waals surface area contributed by atoms with Crippen LogP contribution in [0.1, 0.15) is 29.3 Å². The Kier molecular flexibility index (Phi) is 3.50. The summed E-state index contributed by atoms with van der Waals surface area (Å²) in [5, 5.41) is 0. The van der Waals surface area contributed by atoms with Gasteiger partial charge in [0.1, 0.15) is 0 Å². The van der Waals surface area contributed by atoms with Crippen LogP contribution < -0.4 is 0 Å². The first kappa shape index (κ1) is 10.6. The minimum atomic E-state index is -2.72. The van der Waals surface area contributed by atoms with Gasteiger partial charge in [-0.15, -0.1) is 0 Å². The molecule has 0 N–H and O–H groups in total. The Morgan fingerprint density at radius 1 is 1.64 bits per heavy atom. The Bertz CT molecular complexity index is 328. The third-order valence-electron chi connectivity index (χ3n) is 1.58. The average molecular weight is 201 g/mol. The molecule has 76 valence electrons. The van der Waals surface area contributed by atoms with Gasteiger partial charge in [-0.05, 0) is 13.0 Å². The molecule has 5 heteroatoms. The quantitative estimate of drug-likeness (QED) is 0.703. The number of ether oxygens (including phenoxy) is 1. The van der Waals surface area contributed by atoms with Gasteiger partial charge in [0.05, 0.1) is 17.7 Å². The number of alkyl halides is 2. The minimum absolute atomic E-state index is 0.128. The van der Waals surface area contributed by atoms with Gasteiger partial charge in [-0.3, -0.25) is 4.98 Å². The highest BCUT2D eigenvalue weighted by Crippen LogP contribution is 2.22. The molecule has 0 unspecified atom stereocenters. The van der Waals surface area contributed by atoms with Gasteiger partial charge >= 0.3 is 5.97 Å². The molecule has 1 aromatic rings. The number of nitrogens with zero attached hydrogens (tertiary/aromatic N) is 1. The molecular weight excluding hydrogens is 192 g/mol. The van der Waals surface area contributed by atoms with Crippen molar-refractivity contribution in [3.8, 4) is 0 Å². The summed E-state index contributed by atoms with van der Waals surface area (Å²) in [7, 11) is 0. The van der Waals surface area contributed by atoms with E-state index in [4.69, 9.17) is 0 Å². The summed E-state index contributed by atoms with van der Waals surface area (Å²) in [6, 6.07) is 1.22. The van der Waals surface area contributed by atoms with Crippen molar-refractivity contribution in [2.75, 3.05) is 6.61 Å². The van der Waals surface area contributed by atoms with Crippen molar-refractivity contribution in [2.24, 2.45) is 0 Å². The number of hydrogen-bond acceptors (Lipinski definition) is 3. The monoisotopic (exact) mass is 201 g/mol. The van der Waals surface area contributed by atoms with Gasteiger partial charge < -0.3 is 4.74 Å². The molecule has 0 aliphatic carbocycles. The molecule has 1 rings (SSSR count). The van der Waals surface area contributed by atoms with Crippen molar-refractivity contribution in [3.63, 3.8) is 0 Å². The molecule has 0 aliphatic rings. The van der Waals surface area contributed by atoms with Crippen LogP contribution in [0.5, 0.6) is 0 Å². The summed E-state index contributed by atoms with van der Waals surface area (Å²) >= 11 is 0. The van der Waals surface area contributed by atoms with Crippen molar-refractivity contribution >= 4 is 5.97 Å². The first-order valence-corrected chi connectivity index (χ1v) is 4.06. The van der Waals surface area contributed by atoms with Gasteiger partial charge in [0, 0.05) is 12.4 Å². The molecule has 0 spiro atoms. The van der Waals surface area contributed by atoms with Crippen molar-refractivity contribution in [2.45, 2.75) is 13.3 Å². The topological polar surface area (TPSA) is 39.2 Å². The molecule has 0 radical (unpaired) electrons. The molecule has 14 heavy (non-hydrogen) atoms. The van der Waals surface area contributed by atoms with Gasteiger partial charge in [-0.1, -0.05) is 0 Å². The summed E-state index contributed by atoms with van der Waals surface area (Å²) in [6.45, 7) is 1.77. The van der Waals surface area contributed by atoms with Crippen LogP contribution in [0.3, 0.4) is 0 Å². The SMILES string of the molecule is CCOC(=O)c1ccncc1C(F)F. The van der Waals surface area contributed by atoms with Crippen molar-refractivity contribution in [1.82, 2.24) is 4.98 Å². The maximum absolute atomic E-state index is 12.4. The molecule has 0 saturated carbocycles. The number of aromatic nitrogens is 1. The lowest BCUT2D eigenvalue weighted by molar-refractivity contribution is 0.0515. The fourth-order valence-electron chi connectivity index (χ4n) is 0.975. The van der Waals surface area contributed by atoms with E-state index in [9.17, 15) is 13.6 Å². The van der Waals surface area contributed by atoms with Crippen molar-refractivity contribution in [3.05, 3.63) is 29.6 Å². The summed E-state index contributed by atoms with van der Waals surface area (Å²) in [5.41, 5.74) is -0.525. The molecule has 0 aliphatic heterocycles. The normalized spacial score (nSPS) is 10.3. The summed E-state index contributed by atoms with van der Waals surface area (Å²) < 4.78 is 29.4. The van der Waals surface area contributed by atoms with Crippen LogP contribution in [0, 0.1) is 0 Å². The molecule has 0 amide bonds. The highest BCUT2D eigenvalue weighted by Gasteiger charge is 2.18. The van der Waals surface area contributed by atoms with Gasteiger partial charge in [0.25, 0.3) is 6.43 Å². The lowest BCUT2D eigenvalue weighted by Gasteiger charge is -2.06. The Morgan fingerprint density at radius 3 is 2.93 bits per heavy atom. The number of carbonyl (C=O) groups excluding carboxylic acids is 1. The van der Waals surface area contributed by atoms with E-state index in [1.807, 2.05) is 0 Å². The van der Waals surface area contributed by atoms with Crippen molar-refractivity contribution in [1.29, 1.82) is 0 Å². The standard InChI is InChI=1S/C9H9F2NO2/c1-2-14-9(13)6-3-4-12-5-7(6)8(10)11/h3-5,8H,2H2,1H3. The summed E-state index contributed by atoms with van der Waals surface area (Å²) in [4.78, 5) is 14.7. The lowest BCUT2D eigenvalue weighted by Crippen LogP contribution is -2.08. The Hall–Kier alpha value is -1.52. The van der Waals surface area contributed by atoms with E-state index >= 15 is 0 Å². The van der Waals surface area contributed by atoms with E-state index in [1.165, 1.54) is 12.3 Å². The third kappa shape index (κ3) is 2.25. The van der Waals surface area contributed by atoms with Crippen LogP contribution in [0.2, 0.25) is 0 Å². The number of halogens is 2. The van der Waals surface area contributed by atoms with E-state index in [-0.39, 0.29) is 12.2 Å². The molecule has 1 aromatic heterocycles. The highest BCUT2D eigenvalue weighted by molar-refractivity contribution is 5.90. The minimum Gasteiger partial charge on any atom is -0.462 e. The molecule has 3 nitrogen and oxygen atoms in total. The molecular formula is C9H9F2NO2. The smallest absolute Gasteiger partial charge is 0.338 e. The zero-order chi connectivity index (χ0) is 10.6. The molecule has 0 saturated heterocycles. The van der Waals surface area contributed by atoms with Gasteiger partial charge in [-0.2, -0.15) is 0 Å². The molecule has 0 atom stereocenters. The maximum Gasteiger partial charge on any atom is 0.338 e. The zero-order valence-corrected chi connectivity index (χ0v) is 7.54. The van der Waals surface area contributed by atoms with Crippen LogP contribution in [0.25, 0.3) is 0 Å². The number of rotatable bonds is 3. The van der Waals surface area contributed by atoms with Crippen LogP contribution in [-0.2, 0) is 4.74 Å². The first-order chi connectivity index (χ1) is 6.66. The Labute approximate surface area is 79.7 Å². The van der Waals surface area contributed by atoms with Crippen LogP contribution >= 0.6 is 0 Å². The fourth-order valence-corrected chi connectivity index (χ4v) is 0.975. The predicted octanol–water partition coefficient (Wildman–Crippen LogP) is 2.20. The second-order valence-electron chi connectivity index (χ2n) is 2.48. The number of hydrogen-bond donors (Lipinski definition) is 0. The van der Waals surface area contributed by atoms with Crippen LogP contribution in [-0.4, -0.2) is 17.6 Å². The Morgan fingerprint density at radius 2 is 2.36 bits per heavy atom. The summed E-state index contributed by atoms with van der Waals surface area (Å²) in [6.07, 6.45) is -0.474. The fraction of sp³-hybridized carbons (Fsp3) is 0.333. The van der Waals surface area contributed by atoms with E-state index in [0.717, 1.165) is 6.20 Å². The van der Waals surface area contributed by atoms with E-state index in [2.05, 4.69) is 9.72 Å². The lowest BCUT2D eigenvalue weighted by atomic mass is 10.1. The molecule has 0 fully saturated rings. The first-order valence-electron chi connectivity index (χ1n) is 4.06. The second kappa shape index (κ2) is 4.64. The van der Waals surface area contributed by atoms with E-state index in [0.29, 0.717) is 0 Å². The van der Waals surface area contributed by atoms with Crippen LogP contribution in [0.4, 0.5) is 8.78 Å². The van der Waals surface area contributed by atoms with Gasteiger partial charge in [0.15, 0.2) is 0 Å². The third-order valence-corrected chi connectivity index (χ3v) is 1.58. The van der Waals surface area contributed by atoms with E-state index < -0.39 is 18.0 Å². The molecule has 0 bridgehead atoms. The number of pyridine rings is 1. The van der Waals surface area contributed by atoms with E-state index in [1.54, 1.807) is 6.92 Å². The van der Waals surface area contributed by atoms with Crippen molar-refractivity contribution < 1.29 is 18.3 Å². The van der Waals surface area contributed by atoms with Crippen LogP contribution in [0.15, 0.2) is 18.5 Å². The van der Waals surface area contributed by atoms with Gasteiger partial charge in [-0.25, -0.2) is 13.6 Å². The number of carbonyl (C=O) groups is 1. The largest absolute Gasteiger partial charge is 0.462 e. The predicted molar refractivity (Wildman–Crippen MR) is 45.2 cm³/mol. The average Bonchev–Trinajstić information content (AvgIpc) is 2.18. The summed E-state index contributed by atoms with van der Waals surface area (Å²) in [5.74, 6) is -0.745. The zero-order valence-electron chi connectivity index (χ0n) is 7.54. The maximum atomic E-state index is 12.4. The van der Waals surface area contributed by atoms with Gasteiger partial charge in [0.2, 0.25) is 0 Å². The number of esters is 1. The second-order valence-corrected chi connectivity index (χ2v) is 2.48. The highest BCUT2D eigenvalue weighted by atomic mass is 19.3. The molecule has 1 heterocycles. The molecule has 0 aromatic carbocycles.